The van der Waals surface area contributed by atoms with Crippen LogP contribution in [0.4, 0.5) is 5.95 Å². The SMILES string of the molecule is CS(=O)(=O)CNc1nn[nH]n1. The molecular weight excluding hydrogens is 170 g/mol. The molecule has 1 heterocycles. The van der Waals surface area contributed by atoms with Crippen LogP contribution in [-0.4, -0.2) is 41.2 Å². The number of anilines is 1. The van der Waals surface area contributed by atoms with Crippen molar-refractivity contribution in [3.8, 4) is 0 Å². The van der Waals surface area contributed by atoms with Crippen LogP contribution in [0.15, 0.2) is 0 Å². The molecule has 62 valence electrons. The highest BCUT2D eigenvalue weighted by Crippen LogP contribution is 1.90. The van der Waals surface area contributed by atoms with Crippen molar-refractivity contribution >= 4 is 15.8 Å². The van der Waals surface area contributed by atoms with Crippen molar-refractivity contribution < 1.29 is 8.42 Å². The fourth-order valence-corrected chi connectivity index (χ4v) is 0.824. The van der Waals surface area contributed by atoms with E-state index in [9.17, 15) is 8.42 Å². The van der Waals surface area contributed by atoms with Crippen LogP contribution in [0.2, 0.25) is 0 Å². The van der Waals surface area contributed by atoms with Crippen molar-refractivity contribution in [2.75, 3.05) is 17.4 Å². The number of nitrogens with one attached hydrogen (secondary N) is 2. The molecule has 0 radical (unpaired) electrons. The molecule has 0 aromatic carbocycles. The van der Waals surface area contributed by atoms with Gasteiger partial charge < -0.3 is 5.32 Å². The number of nitrogens with zero attached hydrogens (tertiary/aromatic N) is 3. The summed E-state index contributed by atoms with van der Waals surface area (Å²) in [4.78, 5) is 0. The molecule has 0 spiro atoms. The van der Waals surface area contributed by atoms with Crippen molar-refractivity contribution in [1.82, 2.24) is 20.6 Å². The van der Waals surface area contributed by atoms with E-state index >= 15 is 0 Å². The van der Waals surface area contributed by atoms with Crippen LogP contribution in [0.5, 0.6) is 0 Å². The number of tetrazole rings is 1. The maximum atomic E-state index is 10.6. The molecule has 0 saturated heterocycles. The zero-order chi connectivity index (χ0) is 8.32. The molecule has 11 heavy (non-hydrogen) atoms. The number of aromatic nitrogens is 4. The summed E-state index contributed by atoms with van der Waals surface area (Å²) in [5.41, 5.74) is 0. The lowest BCUT2D eigenvalue weighted by Gasteiger charge is -1.95. The second-order valence-corrected chi connectivity index (χ2v) is 4.12. The van der Waals surface area contributed by atoms with E-state index in [1.165, 1.54) is 0 Å². The van der Waals surface area contributed by atoms with Gasteiger partial charge in [-0.25, -0.2) is 8.42 Å². The first-order valence-electron chi connectivity index (χ1n) is 2.73. The Balaban J connectivity index is 2.48. The smallest absolute Gasteiger partial charge is 0.264 e. The van der Waals surface area contributed by atoms with Gasteiger partial charge in [0.1, 0.15) is 5.88 Å². The van der Waals surface area contributed by atoms with E-state index in [1.54, 1.807) is 0 Å². The Bertz CT molecular complexity index is 302. The predicted octanol–water partition coefficient (Wildman–Crippen LogP) is -1.39. The molecule has 0 bridgehead atoms. The van der Waals surface area contributed by atoms with Crippen LogP contribution in [0.25, 0.3) is 0 Å². The normalized spacial score (nSPS) is 11.4. The van der Waals surface area contributed by atoms with Gasteiger partial charge in [-0.1, -0.05) is 5.10 Å². The molecule has 0 amide bonds. The highest BCUT2D eigenvalue weighted by atomic mass is 32.2. The average Bonchev–Trinajstić information content (AvgIpc) is 2.32. The van der Waals surface area contributed by atoms with Crippen LogP contribution < -0.4 is 5.32 Å². The van der Waals surface area contributed by atoms with E-state index in [4.69, 9.17) is 0 Å². The van der Waals surface area contributed by atoms with E-state index in [2.05, 4.69) is 25.9 Å². The van der Waals surface area contributed by atoms with Gasteiger partial charge >= 0.3 is 0 Å². The molecule has 0 aliphatic heterocycles. The van der Waals surface area contributed by atoms with Gasteiger partial charge in [-0.2, -0.15) is 5.21 Å². The van der Waals surface area contributed by atoms with E-state index in [0.717, 1.165) is 6.26 Å². The molecule has 8 heteroatoms. The number of H-pyrrole nitrogens is 1. The average molecular weight is 177 g/mol. The summed E-state index contributed by atoms with van der Waals surface area (Å²) in [6.45, 7) is 0. The fourth-order valence-electron chi connectivity index (χ4n) is 0.432. The minimum absolute atomic E-state index is 0.176. The molecule has 1 aromatic heterocycles. The van der Waals surface area contributed by atoms with Crippen molar-refractivity contribution in [2.45, 2.75) is 0 Å². The summed E-state index contributed by atoms with van der Waals surface area (Å²) in [5.74, 6) is -0.0116. The van der Waals surface area contributed by atoms with Crippen LogP contribution in [0.1, 0.15) is 0 Å². The molecule has 1 rings (SSSR count). The number of rotatable bonds is 3. The minimum atomic E-state index is -3.03. The van der Waals surface area contributed by atoms with Crippen molar-refractivity contribution in [1.29, 1.82) is 0 Å². The second-order valence-electron chi connectivity index (χ2n) is 1.98. The lowest BCUT2D eigenvalue weighted by molar-refractivity contribution is 0.603. The predicted molar refractivity (Wildman–Crippen MR) is 37.5 cm³/mol. The highest BCUT2D eigenvalue weighted by Gasteiger charge is 2.02. The van der Waals surface area contributed by atoms with Gasteiger partial charge in [-0.3, -0.25) is 0 Å². The number of hydrogen-bond acceptors (Lipinski definition) is 6. The minimum Gasteiger partial charge on any atom is -0.338 e. The third-order valence-electron chi connectivity index (χ3n) is 0.838. The maximum Gasteiger partial charge on any atom is 0.264 e. The van der Waals surface area contributed by atoms with Crippen LogP contribution in [-0.2, 0) is 9.84 Å². The van der Waals surface area contributed by atoms with Gasteiger partial charge in [-0.05, 0) is 5.21 Å². The Morgan fingerprint density at radius 1 is 1.64 bits per heavy atom. The van der Waals surface area contributed by atoms with Crippen LogP contribution in [0.3, 0.4) is 0 Å². The maximum absolute atomic E-state index is 10.6. The van der Waals surface area contributed by atoms with Gasteiger partial charge in [0.05, 0.1) is 0 Å². The third kappa shape index (κ3) is 2.94. The first-order valence-corrected chi connectivity index (χ1v) is 4.79. The third-order valence-corrected chi connectivity index (χ3v) is 1.51. The Labute approximate surface area is 63.1 Å². The standard InChI is InChI=1S/C3H7N5O2S/c1-11(9,10)2-4-3-5-7-8-6-3/h2H2,1H3,(H2,4,5,6,7,8). The topological polar surface area (TPSA) is 101 Å². The lowest BCUT2D eigenvalue weighted by Crippen LogP contribution is -2.13. The molecular formula is C3H7N5O2S. The molecule has 0 aliphatic carbocycles. The first-order chi connectivity index (χ1) is 5.08. The number of hydrogen-bond donors (Lipinski definition) is 2. The summed E-state index contributed by atoms with van der Waals surface area (Å²) in [7, 11) is -3.03. The van der Waals surface area contributed by atoms with Crippen molar-refractivity contribution in [3.63, 3.8) is 0 Å². The van der Waals surface area contributed by atoms with Crippen molar-refractivity contribution in [2.24, 2.45) is 0 Å². The zero-order valence-corrected chi connectivity index (χ0v) is 6.59. The summed E-state index contributed by atoms with van der Waals surface area (Å²) >= 11 is 0. The largest absolute Gasteiger partial charge is 0.338 e. The van der Waals surface area contributed by atoms with E-state index in [0.29, 0.717) is 0 Å². The molecule has 0 atom stereocenters. The summed E-state index contributed by atoms with van der Waals surface area (Å²) in [6.07, 6.45) is 1.11. The Morgan fingerprint density at radius 2 is 2.36 bits per heavy atom. The van der Waals surface area contributed by atoms with Gasteiger partial charge in [0.25, 0.3) is 5.95 Å². The Morgan fingerprint density at radius 3 is 2.82 bits per heavy atom. The van der Waals surface area contributed by atoms with Crippen molar-refractivity contribution in [3.05, 3.63) is 0 Å². The molecule has 0 saturated carbocycles. The summed E-state index contributed by atoms with van der Waals surface area (Å²) < 4.78 is 21.2. The van der Waals surface area contributed by atoms with E-state index in [-0.39, 0.29) is 11.8 Å². The fraction of sp³-hybridized carbons (Fsp3) is 0.667. The Kier molecular flexibility index (Phi) is 2.03. The zero-order valence-electron chi connectivity index (χ0n) is 5.77. The molecule has 0 unspecified atom stereocenters. The van der Waals surface area contributed by atoms with Crippen LogP contribution in [0, 0.1) is 0 Å². The molecule has 7 nitrogen and oxygen atoms in total. The van der Waals surface area contributed by atoms with Gasteiger partial charge in [0.15, 0.2) is 9.84 Å². The van der Waals surface area contributed by atoms with Gasteiger partial charge in [0, 0.05) is 6.26 Å². The van der Waals surface area contributed by atoms with Crippen LogP contribution >= 0.6 is 0 Å². The first kappa shape index (κ1) is 7.92. The number of aromatic amines is 1. The van der Waals surface area contributed by atoms with Gasteiger partial charge in [0.2, 0.25) is 0 Å². The molecule has 0 aliphatic rings. The van der Waals surface area contributed by atoms with E-state index in [1.807, 2.05) is 0 Å². The van der Waals surface area contributed by atoms with E-state index < -0.39 is 9.84 Å². The molecule has 2 N–H and O–H groups in total. The number of sulfone groups is 1. The molecule has 1 aromatic rings. The highest BCUT2D eigenvalue weighted by molar-refractivity contribution is 7.90. The quantitative estimate of drug-likeness (QED) is 0.589. The summed E-state index contributed by atoms with van der Waals surface area (Å²) in [5, 5.41) is 14.9. The summed E-state index contributed by atoms with van der Waals surface area (Å²) in [6, 6.07) is 0. The Hall–Kier alpha value is -1.18. The lowest BCUT2D eigenvalue weighted by atomic mass is 11.0. The molecule has 0 fully saturated rings. The van der Waals surface area contributed by atoms with Gasteiger partial charge in [-0.15, -0.1) is 5.10 Å². The monoisotopic (exact) mass is 177 g/mol. The second kappa shape index (κ2) is 2.82.